The van der Waals surface area contributed by atoms with Crippen LogP contribution in [-0.4, -0.2) is 3.92 Å². The molecule has 1 saturated carbocycles. The Balaban J connectivity index is 2.40. The molecular formula is C11H21I. The van der Waals surface area contributed by atoms with Gasteiger partial charge in [0.25, 0.3) is 0 Å². The molecule has 0 nitrogen and oxygen atoms in total. The van der Waals surface area contributed by atoms with E-state index in [0.29, 0.717) is 0 Å². The fourth-order valence-electron chi connectivity index (χ4n) is 2.29. The number of alkyl halides is 1. The fourth-order valence-corrected chi connectivity index (χ4v) is 2.94. The van der Waals surface area contributed by atoms with Crippen LogP contribution in [0, 0.1) is 17.8 Å². The second-order valence-electron chi connectivity index (χ2n) is 4.61. The Morgan fingerprint density at radius 1 is 1.08 bits per heavy atom. The van der Waals surface area contributed by atoms with Crippen LogP contribution in [0.25, 0.3) is 0 Å². The van der Waals surface area contributed by atoms with Crippen LogP contribution in [0.15, 0.2) is 0 Å². The Morgan fingerprint density at radius 3 is 2.17 bits per heavy atom. The minimum atomic E-state index is 0.879. The van der Waals surface area contributed by atoms with E-state index in [-0.39, 0.29) is 0 Å². The first kappa shape index (κ1) is 10.8. The fraction of sp³-hybridized carbons (Fsp3) is 1.00. The summed E-state index contributed by atoms with van der Waals surface area (Å²) in [5, 5.41) is 0. The maximum Gasteiger partial charge on any atom is 0.0110 e. The summed E-state index contributed by atoms with van der Waals surface area (Å²) < 4.78 is 0.879. The van der Waals surface area contributed by atoms with Crippen LogP contribution in [0.5, 0.6) is 0 Å². The van der Waals surface area contributed by atoms with Crippen LogP contribution in [-0.2, 0) is 0 Å². The molecular weight excluding hydrogens is 259 g/mol. The Bertz CT molecular complexity index is 115. The highest BCUT2D eigenvalue weighted by molar-refractivity contribution is 14.1. The second kappa shape index (κ2) is 4.83. The predicted molar refractivity (Wildman–Crippen MR) is 63.8 cm³/mol. The third-order valence-corrected chi connectivity index (χ3v) is 4.36. The molecule has 0 N–H and O–H groups in total. The predicted octanol–water partition coefficient (Wildman–Crippen LogP) is 4.27. The van der Waals surface area contributed by atoms with Gasteiger partial charge in [-0.2, -0.15) is 0 Å². The first-order chi connectivity index (χ1) is 5.61. The van der Waals surface area contributed by atoms with Crippen molar-refractivity contribution in [3.8, 4) is 0 Å². The lowest BCUT2D eigenvalue weighted by atomic mass is 9.75. The molecule has 0 heterocycles. The van der Waals surface area contributed by atoms with Gasteiger partial charge in [0.15, 0.2) is 0 Å². The van der Waals surface area contributed by atoms with Crippen LogP contribution >= 0.6 is 22.6 Å². The van der Waals surface area contributed by atoms with Crippen molar-refractivity contribution >= 4 is 22.6 Å². The van der Waals surface area contributed by atoms with Crippen LogP contribution in [0.1, 0.15) is 46.5 Å². The highest BCUT2D eigenvalue weighted by Gasteiger charge is 2.26. The van der Waals surface area contributed by atoms with Crippen molar-refractivity contribution in [2.75, 3.05) is 0 Å². The van der Waals surface area contributed by atoms with Gasteiger partial charge >= 0.3 is 0 Å². The van der Waals surface area contributed by atoms with Gasteiger partial charge in [-0.05, 0) is 30.6 Å². The molecule has 0 amide bonds. The van der Waals surface area contributed by atoms with E-state index in [1.54, 1.807) is 0 Å². The van der Waals surface area contributed by atoms with E-state index in [1.165, 1.54) is 25.7 Å². The van der Waals surface area contributed by atoms with Gasteiger partial charge in [0.05, 0.1) is 0 Å². The molecule has 0 aliphatic heterocycles. The zero-order valence-corrected chi connectivity index (χ0v) is 10.7. The number of hydrogen-bond acceptors (Lipinski definition) is 0. The molecule has 12 heavy (non-hydrogen) atoms. The molecule has 0 bridgehead atoms. The van der Waals surface area contributed by atoms with Gasteiger partial charge in [-0.25, -0.2) is 0 Å². The summed E-state index contributed by atoms with van der Waals surface area (Å²) in [5.41, 5.74) is 0. The number of rotatable bonds is 2. The lowest BCUT2D eigenvalue weighted by Gasteiger charge is -2.33. The molecule has 0 radical (unpaired) electrons. The summed E-state index contributed by atoms with van der Waals surface area (Å²) in [6.07, 6.45) is 5.92. The molecule has 0 aromatic rings. The first-order valence-electron chi connectivity index (χ1n) is 5.25. The minimum Gasteiger partial charge on any atom is -0.0826 e. The zero-order chi connectivity index (χ0) is 9.14. The maximum atomic E-state index is 2.60. The molecule has 1 heteroatoms. The molecule has 1 rings (SSSR count). The maximum absolute atomic E-state index is 2.60. The van der Waals surface area contributed by atoms with Gasteiger partial charge in [0.2, 0.25) is 0 Å². The Labute approximate surface area is 90.6 Å². The number of hydrogen-bond donors (Lipinski definition) is 0. The van der Waals surface area contributed by atoms with Gasteiger partial charge in [0, 0.05) is 3.92 Å². The Hall–Kier alpha value is 0.730. The molecule has 72 valence electrons. The largest absolute Gasteiger partial charge is 0.0826 e. The van der Waals surface area contributed by atoms with Gasteiger partial charge in [0.1, 0.15) is 0 Å². The van der Waals surface area contributed by atoms with E-state index in [9.17, 15) is 0 Å². The molecule has 0 saturated heterocycles. The third kappa shape index (κ3) is 2.90. The van der Waals surface area contributed by atoms with Crippen molar-refractivity contribution < 1.29 is 0 Å². The van der Waals surface area contributed by atoms with Crippen LogP contribution in [0.2, 0.25) is 0 Å². The van der Waals surface area contributed by atoms with Crippen molar-refractivity contribution in [2.24, 2.45) is 17.8 Å². The molecule has 1 aliphatic rings. The van der Waals surface area contributed by atoms with E-state index >= 15 is 0 Å². The average molecular weight is 280 g/mol. The minimum absolute atomic E-state index is 0.879. The van der Waals surface area contributed by atoms with Crippen molar-refractivity contribution in [3.63, 3.8) is 0 Å². The van der Waals surface area contributed by atoms with E-state index < -0.39 is 0 Å². The Morgan fingerprint density at radius 2 is 1.67 bits per heavy atom. The van der Waals surface area contributed by atoms with Gasteiger partial charge in [-0.1, -0.05) is 56.2 Å². The zero-order valence-electron chi connectivity index (χ0n) is 8.52. The van der Waals surface area contributed by atoms with E-state index in [0.717, 1.165) is 21.7 Å². The SMILES string of the molecule is CC(C)C1CCCC(C(C)I)C1. The normalized spacial score (nSPS) is 33.8. The molecule has 0 aromatic heterocycles. The van der Waals surface area contributed by atoms with Gasteiger partial charge in [-0.15, -0.1) is 0 Å². The standard InChI is InChI=1S/C11H21I/c1-8(2)10-5-4-6-11(7-10)9(3)12/h8-11H,4-7H2,1-3H3. The van der Waals surface area contributed by atoms with Gasteiger partial charge < -0.3 is 0 Å². The van der Waals surface area contributed by atoms with E-state index in [1.807, 2.05) is 0 Å². The third-order valence-electron chi connectivity index (χ3n) is 3.35. The molecule has 1 fully saturated rings. The highest BCUT2D eigenvalue weighted by atomic mass is 127. The molecule has 1 aliphatic carbocycles. The lowest BCUT2D eigenvalue weighted by molar-refractivity contribution is 0.217. The van der Waals surface area contributed by atoms with E-state index in [4.69, 9.17) is 0 Å². The van der Waals surface area contributed by atoms with E-state index in [2.05, 4.69) is 43.4 Å². The molecule has 3 atom stereocenters. The molecule has 0 aromatic carbocycles. The summed E-state index contributed by atoms with van der Waals surface area (Å²) in [5.74, 6) is 2.93. The smallest absolute Gasteiger partial charge is 0.0110 e. The summed E-state index contributed by atoms with van der Waals surface area (Å²) in [4.78, 5) is 0. The topological polar surface area (TPSA) is 0 Å². The van der Waals surface area contributed by atoms with Crippen LogP contribution in [0.3, 0.4) is 0 Å². The summed E-state index contributed by atoms with van der Waals surface area (Å²) in [6, 6.07) is 0. The first-order valence-corrected chi connectivity index (χ1v) is 6.50. The summed E-state index contributed by atoms with van der Waals surface area (Å²) in [7, 11) is 0. The van der Waals surface area contributed by atoms with Gasteiger partial charge in [-0.3, -0.25) is 0 Å². The average Bonchev–Trinajstić information content (AvgIpc) is 2.04. The quantitative estimate of drug-likeness (QED) is 0.523. The van der Waals surface area contributed by atoms with Crippen molar-refractivity contribution in [2.45, 2.75) is 50.4 Å². The monoisotopic (exact) mass is 280 g/mol. The Kier molecular flexibility index (Phi) is 4.35. The lowest BCUT2D eigenvalue weighted by Crippen LogP contribution is -2.23. The van der Waals surface area contributed by atoms with Crippen molar-refractivity contribution in [1.29, 1.82) is 0 Å². The summed E-state index contributed by atoms with van der Waals surface area (Å²) in [6.45, 7) is 7.13. The highest BCUT2D eigenvalue weighted by Crippen LogP contribution is 2.37. The second-order valence-corrected chi connectivity index (χ2v) is 6.57. The number of halogens is 1. The van der Waals surface area contributed by atoms with Crippen molar-refractivity contribution in [3.05, 3.63) is 0 Å². The van der Waals surface area contributed by atoms with Crippen LogP contribution in [0.4, 0.5) is 0 Å². The molecule has 3 unspecified atom stereocenters. The van der Waals surface area contributed by atoms with Crippen molar-refractivity contribution in [1.82, 2.24) is 0 Å². The summed E-state index contributed by atoms with van der Waals surface area (Å²) >= 11 is 2.60. The molecule has 0 spiro atoms. The van der Waals surface area contributed by atoms with Crippen LogP contribution < -0.4 is 0 Å².